The summed E-state index contributed by atoms with van der Waals surface area (Å²) in [5, 5.41) is 4.33. The third-order valence-electron chi connectivity index (χ3n) is 6.40. The van der Waals surface area contributed by atoms with Gasteiger partial charge in [0.05, 0.1) is 0 Å². The first-order chi connectivity index (χ1) is 13.3. The molecule has 2 fully saturated rings. The molecule has 4 nitrogen and oxygen atoms in total. The number of likely N-dealkylation sites (tertiary alicyclic amines) is 2. The summed E-state index contributed by atoms with van der Waals surface area (Å²) in [6.45, 7) is 8.62. The van der Waals surface area contributed by atoms with Crippen LogP contribution in [0.2, 0.25) is 0 Å². The second kappa shape index (κ2) is 9.52. The standard InChI is InChI=1S/C23H34N4/c1-2-6-22(7-3-1)18-26-13-4-8-23(20-26)19-25-15-9-21(10-16-25)11-17-27-14-5-12-24-27/h1-3,5-7,12,14,21,23H,4,8-11,13,15-20H2/t23-/m0/s1. The second-order valence-corrected chi connectivity index (χ2v) is 8.53. The minimum atomic E-state index is 0.850. The average molecular weight is 367 g/mol. The summed E-state index contributed by atoms with van der Waals surface area (Å²) in [4.78, 5) is 5.40. The molecule has 0 aliphatic carbocycles. The van der Waals surface area contributed by atoms with Crippen LogP contribution in [0, 0.1) is 11.8 Å². The molecule has 146 valence electrons. The van der Waals surface area contributed by atoms with Gasteiger partial charge in [-0.05, 0) is 75.2 Å². The highest BCUT2D eigenvalue weighted by atomic mass is 15.3. The van der Waals surface area contributed by atoms with Crippen LogP contribution in [0.1, 0.15) is 37.7 Å². The van der Waals surface area contributed by atoms with E-state index in [0.717, 1.165) is 24.9 Å². The van der Waals surface area contributed by atoms with Gasteiger partial charge in [0.25, 0.3) is 0 Å². The van der Waals surface area contributed by atoms with E-state index < -0.39 is 0 Å². The van der Waals surface area contributed by atoms with Crippen LogP contribution >= 0.6 is 0 Å². The third kappa shape index (κ3) is 5.66. The van der Waals surface area contributed by atoms with E-state index in [4.69, 9.17) is 0 Å². The minimum Gasteiger partial charge on any atom is -0.303 e. The van der Waals surface area contributed by atoms with Gasteiger partial charge in [0.1, 0.15) is 0 Å². The van der Waals surface area contributed by atoms with Gasteiger partial charge in [-0.1, -0.05) is 30.3 Å². The van der Waals surface area contributed by atoms with Crippen LogP contribution in [0.15, 0.2) is 48.8 Å². The molecule has 2 aromatic rings. The van der Waals surface area contributed by atoms with Gasteiger partial charge >= 0.3 is 0 Å². The molecule has 2 aliphatic heterocycles. The lowest BCUT2D eigenvalue weighted by Crippen LogP contribution is -2.43. The molecule has 1 aromatic heterocycles. The molecule has 4 heteroatoms. The number of hydrogen-bond donors (Lipinski definition) is 0. The molecule has 0 N–H and O–H groups in total. The Labute approximate surface area is 164 Å². The van der Waals surface area contributed by atoms with Gasteiger partial charge in [-0.2, -0.15) is 5.10 Å². The van der Waals surface area contributed by atoms with Gasteiger partial charge in [-0.3, -0.25) is 9.58 Å². The van der Waals surface area contributed by atoms with Crippen molar-refractivity contribution in [3.8, 4) is 0 Å². The fraction of sp³-hybridized carbons (Fsp3) is 0.609. The Balaban J connectivity index is 1.17. The van der Waals surface area contributed by atoms with E-state index in [1.165, 1.54) is 70.4 Å². The predicted octanol–water partition coefficient (Wildman–Crippen LogP) is 3.90. The predicted molar refractivity (Wildman–Crippen MR) is 110 cm³/mol. The molecular weight excluding hydrogens is 332 g/mol. The molecule has 0 saturated carbocycles. The molecule has 2 aliphatic rings. The number of piperidine rings is 2. The molecule has 2 saturated heterocycles. The summed E-state index contributed by atoms with van der Waals surface area (Å²) < 4.78 is 2.08. The zero-order valence-corrected chi connectivity index (χ0v) is 16.5. The van der Waals surface area contributed by atoms with Crippen molar-refractivity contribution in [1.82, 2.24) is 19.6 Å². The zero-order valence-electron chi connectivity index (χ0n) is 16.5. The van der Waals surface area contributed by atoms with Gasteiger partial charge in [-0.15, -0.1) is 0 Å². The normalized spacial score (nSPS) is 22.9. The maximum atomic E-state index is 4.33. The zero-order chi connectivity index (χ0) is 18.3. The van der Waals surface area contributed by atoms with E-state index in [-0.39, 0.29) is 0 Å². The molecule has 4 rings (SSSR count). The fourth-order valence-electron chi connectivity index (χ4n) is 4.86. The quantitative estimate of drug-likeness (QED) is 0.743. The average Bonchev–Trinajstić information content (AvgIpc) is 3.22. The first-order valence-electron chi connectivity index (χ1n) is 10.8. The summed E-state index contributed by atoms with van der Waals surface area (Å²) in [5.41, 5.74) is 1.45. The van der Waals surface area contributed by atoms with Crippen molar-refractivity contribution in [3.63, 3.8) is 0 Å². The van der Waals surface area contributed by atoms with E-state index >= 15 is 0 Å². The van der Waals surface area contributed by atoms with Crippen molar-refractivity contribution in [3.05, 3.63) is 54.4 Å². The topological polar surface area (TPSA) is 24.3 Å². The SMILES string of the molecule is c1ccc(CN2CCC[C@@H](CN3CCC(CCn4cccn4)CC3)C2)cc1. The molecule has 1 atom stereocenters. The lowest BCUT2D eigenvalue weighted by atomic mass is 9.91. The van der Waals surface area contributed by atoms with Crippen molar-refractivity contribution in [2.45, 2.75) is 45.2 Å². The smallest absolute Gasteiger partial charge is 0.0489 e. The molecule has 0 spiro atoms. The Hall–Kier alpha value is -1.65. The molecule has 27 heavy (non-hydrogen) atoms. The van der Waals surface area contributed by atoms with E-state index in [1.807, 2.05) is 12.3 Å². The van der Waals surface area contributed by atoms with Crippen LogP contribution in [0.25, 0.3) is 0 Å². The Morgan fingerprint density at radius 1 is 0.889 bits per heavy atom. The number of rotatable bonds is 7. The van der Waals surface area contributed by atoms with Crippen LogP contribution in [0.4, 0.5) is 0 Å². The summed E-state index contributed by atoms with van der Waals surface area (Å²) in [7, 11) is 0. The highest BCUT2D eigenvalue weighted by Gasteiger charge is 2.25. The van der Waals surface area contributed by atoms with E-state index in [9.17, 15) is 0 Å². The summed E-state index contributed by atoms with van der Waals surface area (Å²) in [6, 6.07) is 13.0. The highest BCUT2D eigenvalue weighted by Crippen LogP contribution is 2.24. The molecule has 3 heterocycles. The van der Waals surface area contributed by atoms with E-state index in [1.54, 1.807) is 0 Å². The Kier molecular flexibility index (Phi) is 6.59. The maximum Gasteiger partial charge on any atom is 0.0489 e. The third-order valence-corrected chi connectivity index (χ3v) is 6.40. The fourth-order valence-corrected chi connectivity index (χ4v) is 4.86. The minimum absolute atomic E-state index is 0.850. The summed E-state index contributed by atoms with van der Waals surface area (Å²) in [5.74, 6) is 1.73. The number of benzene rings is 1. The van der Waals surface area contributed by atoms with Gasteiger partial charge < -0.3 is 4.90 Å². The number of aromatic nitrogens is 2. The molecule has 0 unspecified atom stereocenters. The number of nitrogens with zero attached hydrogens (tertiary/aromatic N) is 4. The van der Waals surface area contributed by atoms with Gasteiger partial charge in [-0.25, -0.2) is 0 Å². The lowest BCUT2D eigenvalue weighted by Gasteiger charge is -2.38. The largest absolute Gasteiger partial charge is 0.303 e. The van der Waals surface area contributed by atoms with Crippen molar-refractivity contribution >= 4 is 0 Å². The van der Waals surface area contributed by atoms with E-state index in [2.05, 4.69) is 56.1 Å². The molecule has 0 radical (unpaired) electrons. The Morgan fingerprint density at radius 3 is 2.52 bits per heavy atom. The summed E-state index contributed by atoms with van der Waals surface area (Å²) in [6.07, 6.45) is 10.7. The van der Waals surface area contributed by atoms with E-state index in [0.29, 0.717) is 0 Å². The van der Waals surface area contributed by atoms with Crippen molar-refractivity contribution < 1.29 is 0 Å². The first kappa shape index (κ1) is 18.7. The van der Waals surface area contributed by atoms with Gasteiger partial charge in [0, 0.05) is 38.6 Å². The number of hydrogen-bond acceptors (Lipinski definition) is 3. The van der Waals surface area contributed by atoms with Crippen molar-refractivity contribution in [2.24, 2.45) is 11.8 Å². The molecular formula is C23H34N4. The summed E-state index contributed by atoms with van der Waals surface area (Å²) >= 11 is 0. The van der Waals surface area contributed by atoms with Gasteiger partial charge in [0.15, 0.2) is 0 Å². The van der Waals surface area contributed by atoms with Crippen molar-refractivity contribution in [2.75, 3.05) is 32.7 Å². The van der Waals surface area contributed by atoms with Gasteiger partial charge in [0.2, 0.25) is 0 Å². The van der Waals surface area contributed by atoms with Crippen LogP contribution in [0.5, 0.6) is 0 Å². The van der Waals surface area contributed by atoms with Crippen LogP contribution in [-0.2, 0) is 13.1 Å². The second-order valence-electron chi connectivity index (χ2n) is 8.53. The Morgan fingerprint density at radius 2 is 1.74 bits per heavy atom. The monoisotopic (exact) mass is 366 g/mol. The van der Waals surface area contributed by atoms with Crippen molar-refractivity contribution in [1.29, 1.82) is 0 Å². The molecule has 0 bridgehead atoms. The van der Waals surface area contributed by atoms with Crippen LogP contribution in [-0.4, -0.2) is 52.3 Å². The van der Waals surface area contributed by atoms with Crippen LogP contribution < -0.4 is 0 Å². The van der Waals surface area contributed by atoms with Crippen LogP contribution in [0.3, 0.4) is 0 Å². The Bertz CT molecular complexity index is 646. The highest BCUT2D eigenvalue weighted by molar-refractivity contribution is 5.14. The molecule has 0 amide bonds. The number of aryl methyl sites for hydroxylation is 1. The first-order valence-corrected chi connectivity index (χ1v) is 10.8. The molecule has 1 aromatic carbocycles. The maximum absolute atomic E-state index is 4.33. The lowest BCUT2D eigenvalue weighted by molar-refractivity contribution is 0.104.